The van der Waals surface area contributed by atoms with Crippen molar-refractivity contribution in [2.75, 3.05) is 0 Å². The van der Waals surface area contributed by atoms with E-state index in [1.807, 2.05) is 13.0 Å². The number of hydrogen-bond donors (Lipinski definition) is 1. The van der Waals surface area contributed by atoms with Gasteiger partial charge in [-0.2, -0.15) is 0 Å². The Hall–Kier alpha value is -1.68. The molecule has 1 rings (SSSR count). The van der Waals surface area contributed by atoms with Crippen LogP contribution >= 0.6 is 11.6 Å². The van der Waals surface area contributed by atoms with Crippen molar-refractivity contribution in [2.24, 2.45) is 0 Å². The number of ketones is 1. The first-order valence-electron chi connectivity index (χ1n) is 5.57. The van der Waals surface area contributed by atoms with Crippen molar-refractivity contribution >= 4 is 23.0 Å². The maximum absolute atomic E-state index is 11.7. The average Bonchev–Trinajstić information content (AvgIpc) is 2.31. The lowest BCUT2D eigenvalue weighted by molar-refractivity contribution is -0.494. The molecule has 1 N–H and O–H groups in total. The van der Waals surface area contributed by atoms with Crippen molar-refractivity contribution in [1.29, 1.82) is 5.53 Å². The summed E-state index contributed by atoms with van der Waals surface area (Å²) in [4.78, 5) is 11.6. The maximum Gasteiger partial charge on any atom is 0.290 e. The summed E-state index contributed by atoms with van der Waals surface area (Å²) in [5.41, 5.74) is 9.10. The highest BCUT2D eigenvalue weighted by Crippen LogP contribution is 2.26. The van der Waals surface area contributed by atoms with E-state index in [0.29, 0.717) is 16.2 Å². The molecular formula is C13H15ClN2O2. The van der Waals surface area contributed by atoms with E-state index in [4.69, 9.17) is 17.1 Å². The van der Waals surface area contributed by atoms with E-state index in [-0.39, 0.29) is 22.8 Å². The molecule has 0 saturated heterocycles. The van der Waals surface area contributed by atoms with E-state index < -0.39 is 0 Å². The quantitative estimate of drug-likeness (QED) is 0.389. The highest BCUT2D eigenvalue weighted by molar-refractivity contribution is 6.30. The molecule has 0 aliphatic carbocycles. The Morgan fingerprint density at radius 3 is 2.61 bits per heavy atom. The number of aryl methyl sites for hydroxylation is 1. The molecule has 0 fully saturated rings. The molecule has 0 amide bonds. The minimum Gasteiger partial charge on any atom is -0.594 e. The fourth-order valence-corrected chi connectivity index (χ4v) is 1.94. The normalized spacial score (nSPS) is 12.0. The van der Waals surface area contributed by atoms with Gasteiger partial charge in [0.1, 0.15) is 0 Å². The standard InChI is InChI=1S/C13H15ClN2O2/c1-4-12(17)13(16(15)18)9(3)11-7-10(14)6-5-8(11)2/h5-7,15H,4H2,1-3H3/b13-9+,16-15?. The second-order valence-corrected chi connectivity index (χ2v) is 4.44. The number of Topliss-reactive ketones (excluding diaryl/α,β-unsaturated/α-hetero) is 1. The van der Waals surface area contributed by atoms with E-state index >= 15 is 0 Å². The molecular weight excluding hydrogens is 252 g/mol. The predicted octanol–water partition coefficient (Wildman–Crippen LogP) is 3.90. The summed E-state index contributed by atoms with van der Waals surface area (Å²) in [6.45, 7) is 5.17. The van der Waals surface area contributed by atoms with Gasteiger partial charge >= 0.3 is 0 Å². The lowest BCUT2D eigenvalue weighted by Crippen LogP contribution is -2.12. The lowest BCUT2D eigenvalue weighted by atomic mass is 9.98. The van der Waals surface area contributed by atoms with E-state index in [2.05, 4.69) is 0 Å². The zero-order valence-electron chi connectivity index (χ0n) is 10.6. The van der Waals surface area contributed by atoms with Crippen molar-refractivity contribution in [1.82, 2.24) is 0 Å². The Morgan fingerprint density at radius 1 is 1.50 bits per heavy atom. The molecule has 4 nitrogen and oxygen atoms in total. The van der Waals surface area contributed by atoms with Crippen LogP contribution in [0.15, 0.2) is 23.9 Å². The van der Waals surface area contributed by atoms with Crippen LogP contribution in [0.2, 0.25) is 5.02 Å². The highest BCUT2D eigenvalue weighted by atomic mass is 35.5. The van der Waals surface area contributed by atoms with Crippen molar-refractivity contribution in [2.45, 2.75) is 27.2 Å². The number of nitrogens with zero attached hydrogens (tertiary/aromatic N) is 1. The first kappa shape index (κ1) is 14.4. The van der Waals surface area contributed by atoms with Gasteiger partial charge < -0.3 is 5.21 Å². The molecule has 0 heterocycles. The number of rotatable bonds is 4. The van der Waals surface area contributed by atoms with Gasteiger partial charge in [0.2, 0.25) is 5.78 Å². The Bertz CT molecular complexity index is 536. The second kappa shape index (κ2) is 5.78. The summed E-state index contributed by atoms with van der Waals surface area (Å²) in [6, 6.07) is 5.25. The van der Waals surface area contributed by atoms with Crippen LogP contribution in [0.4, 0.5) is 0 Å². The summed E-state index contributed by atoms with van der Waals surface area (Å²) >= 11 is 5.91. The Balaban J connectivity index is 3.48. The van der Waals surface area contributed by atoms with Crippen LogP contribution in [0.5, 0.6) is 0 Å². The fraction of sp³-hybridized carbons (Fsp3) is 0.308. The number of nitrogens with one attached hydrogen (secondary N) is 1. The number of hydroxylamine groups is 1. The number of halogens is 1. The van der Waals surface area contributed by atoms with Gasteiger partial charge in [0.05, 0.1) is 0 Å². The molecule has 96 valence electrons. The maximum atomic E-state index is 11.7. The molecule has 1 aromatic carbocycles. The Kier molecular flexibility index (Phi) is 4.62. The fourth-order valence-electron chi connectivity index (χ4n) is 1.77. The molecule has 0 saturated carbocycles. The van der Waals surface area contributed by atoms with Gasteiger partial charge in [-0.1, -0.05) is 29.5 Å². The van der Waals surface area contributed by atoms with E-state index in [1.165, 1.54) is 0 Å². The number of benzene rings is 1. The van der Waals surface area contributed by atoms with Gasteiger partial charge in [-0.3, -0.25) is 4.79 Å². The largest absolute Gasteiger partial charge is 0.594 e. The molecule has 0 aliphatic heterocycles. The molecule has 0 aliphatic rings. The second-order valence-electron chi connectivity index (χ2n) is 4.00. The number of carbonyl (C=O) groups excluding carboxylic acids is 1. The van der Waals surface area contributed by atoms with E-state index in [9.17, 15) is 10.0 Å². The van der Waals surface area contributed by atoms with Crippen molar-refractivity contribution < 1.29 is 9.66 Å². The van der Waals surface area contributed by atoms with E-state index in [0.717, 1.165) is 5.56 Å². The van der Waals surface area contributed by atoms with Gasteiger partial charge in [0.15, 0.2) is 0 Å². The Morgan fingerprint density at radius 2 is 2.11 bits per heavy atom. The molecule has 0 atom stereocenters. The molecule has 0 unspecified atom stereocenters. The third-order valence-electron chi connectivity index (χ3n) is 2.75. The van der Waals surface area contributed by atoms with Crippen LogP contribution in [0, 0.1) is 17.7 Å². The summed E-state index contributed by atoms with van der Waals surface area (Å²) in [7, 11) is 0. The number of carbonyl (C=O) groups is 1. The summed E-state index contributed by atoms with van der Waals surface area (Å²) < 4.78 is 0. The Labute approximate surface area is 111 Å². The molecule has 18 heavy (non-hydrogen) atoms. The van der Waals surface area contributed by atoms with Crippen LogP contribution in [-0.4, -0.2) is 10.6 Å². The van der Waals surface area contributed by atoms with Gasteiger partial charge in [-0.05, 0) is 42.6 Å². The van der Waals surface area contributed by atoms with Crippen molar-refractivity contribution in [3.63, 3.8) is 0 Å². The van der Waals surface area contributed by atoms with Crippen LogP contribution in [-0.2, 0) is 4.79 Å². The molecule has 1 aromatic rings. The van der Waals surface area contributed by atoms with E-state index in [1.54, 1.807) is 26.0 Å². The van der Waals surface area contributed by atoms with Gasteiger partial charge in [0.25, 0.3) is 5.70 Å². The van der Waals surface area contributed by atoms with Gasteiger partial charge in [-0.15, -0.1) is 0 Å². The minimum absolute atomic E-state index is 0.124. The lowest BCUT2D eigenvalue weighted by Gasteiger charge is -2.09. The summed E-state index contributed by atoms with van der Waals surface area (Å²) in [6.07, 6.45) is 0.184. The molecule has 0 bridgehead atoms. The van der Waals surface area contributed by atoms with Gasteiger partial charge in [0, 0.05) is 17.0 Å². The third kappa shape index (κ3) is 2.96. The third-order valence-corrected chi connectivity index (χ3v) is 2.98. The van der Waals surface area contributed by atoms with Crippen molar-refractivity contribution in [3.05, 3.63) is 45.3 Å². The summed E-state index contributed by atoms with van der Waals surface area (Å²) in [5.74, 6) is -0.350. The van der Waals surface area contributed by atoms with Crippen LogP contribution < -0.4 is 0 Å². The van der Waals surface area contributed by atoms with Gasteiger partial charge in [-0.25, -0.2) is 0 Å². The first-order valence-corrected chi connectivity index (χ1v) is 5.95. The molecule has 0 spiro atoms. The molecule has 0 aromatic heterocycles. The zero-order valence-corrected chi connectivity index (χ0v) is 11.3. The average molecular weight is 267 g/mol. The number of hydrogen-bond acceptors (Lipinski definition) is 3. The molecule has 5 heteroatoms. The topological polar surface area (TPSA) is 67.0 Å². The zero-order chi connectivity index (χ0) is 13.9. The molecule has 0 radical (unpaired) electrons. The summed E-state index contributed by atoms with van der Waals surface area (Å²) in [5, 5.41) is 11.8. The van der Waals surface area contributed by atoms with Crippen molar-refractivity contribution in [3.8, 4) is 0 Å². The van der Waals surface area contributed by atoms with Crippen LogP contribution in [0.25, 0.3) is 5.57 Å². The van der Waals surface area contributed by atoms with Crippen LogP contribution in [0.3, 0.4) is 0 Å². The highest BCUT2D eigenvalue weighted by Gasteiger charge is 2.22. The first-order chi connectivity index (χ1) is 8.38. The minimum atomic E-state index is -0.350. The number of allylic oxidation sites excluding steroid dienone is 2. The SMILES string of the molecule is CCC(=O)/C(=C(/C)c1cc(Cl)ccc1C)[N+](=N)[O-]. The monoisotopic (exact) mass is 266 g/mol. The predicted molar refractivity (Wildman–Crippen MR) is 70.4 cm³/mol. The van der Waals surface area contributed by atoms with Crippen LogP contribution in [0.1, 0.15) is 31.4 Å². The smallest absolute Gasteiger partial charge is 0.290 e.